The molecule has 0 rings (SSSR count). The van der Waals surface area contributed by atoms with Crippen molar-refractivity contribution in [3.8, 4) is 0 Å². The molecular formula is C33H65NO3. The molecule has 0 aliphatic heterocycles. The Kier molecular flexibility index (Phi) is 29.0. The van der Waals surface area contributed by atoms with Gasteiger partial charge in [0.25, 0.3) is 0 Å². The third-order valence-electron chi connectivity index (χ3n) is 7.52. The number of carbonyl (C=O) groups excluding carboxylic acids is 1. The van der Waals surface area contributed by atoms with Crippen LogP contribution < -0.4 is 5.32 Å². The van der Waals surface area contributed by atoms with E-state index in [1.165, 1.54) is 128 Å². The number of hydrogen-bond donors (Lipinski definition) is 3. The van der Waals surface area contributed by atoms with E-state index in [2.05, 4.69) is 19.2 Å². The molecule has 0 aromatic rings. The van der Waals surface area contributed by atoms with Gasteiger partial charge in [-0.05, 0) is 19.3 Å². The summed E-state index contributed by atoms with van der Waals surface area (Å²) < 4.78 is 0. The number of allylic oxidation sites excluding steroid dienone is 1. The number of rotatable bonds is 29. The molecule has 3 N–H and O–H groups in total. The lowest BCUT2D eigenvalue weighted by molar-refractivity contribution is -0.123. The Morgan fingerprint density at radius 2 is 1.00 bits per heavy atom. The smallest absolute Gasteiger partial charge is 0.220 e. The predicted molar refractivity (Wildman–Crippen MR) is 161 cm³/mol. The fraction of sp³-hybridized carbons (Fsp3) is 0.909. The Bertz CT molecular complexity index is 494. The molecule has 0 radical (unpaired) electrons. The molecule has 1 amide bonds. The van der Waals surface area contributed by atoms with Crippen molar-refractivity contribution in [3.05, 3.63) is 12.2 Å². The lowest BCUT2D eigenvalue weighted by Crippen LogP contribution is -2.45. The standard InChI is InChI=1S/C33H65NO3/c1-3-5-7-9-11-13-14-15-16-17-18-19-21-22-24-26-28-32(36)31(30-35)34-33(37)29-27-25-23-20-12-10-8-6-4-2/h26,28,31-32,35-36H,3-25,27,29-30H2,1-2H3,(H,34,37)/b28-26+. The van der Waals surface area contributed by atoms with E-state index in [0.717, 1.165) is 25.7 Å². The Morgan fingerprint density at radius 3 is 1.41 bits per heavy atom. The molecule has 2 atom stereocenters. The van der Waals surface area contributed by atoms with E-state index in [1.807, 2.05) is 6.08 Å². The second-order valence-corrected chi connectivity index (χ2v) is 11.2. The molecule has 4 heteroatoms. The molecule has 2 unspecified atom stereocenters. The number of unbranched alkanes of at least 4 members (excludes halogenated alkanes) is 22. The second-order valence-electron chi connectivity index (χ2n) is 11.2. The van der Waals surface area contributed by atoms with Crippen molar-refractivity contribution in [2.45, 2.75) is 187 Å². The minimum atomic E-state index is -0.830. The third-order valence-corrected chi connectivity index (χ3v) is 7.52. The highest BCUT2D eigenvalue weighted by atomic mass is 16.3. The minimum Gasteiger partial charge on any atom is -0.394 e. The van der Waals surface area contributed by atoms with Gasteiger partial charge in [-0.25, -0.2) is 0 Å². The van der Waals surface area contributed by atoms with Gasteiger partial charge in [-0.15, -0.1) is 0 Å². The highest BCUT2D eigenvalue weighted by Crippen LogP contribution is 2.14. The number of hydrogen-bond acceptors (Lipinski definition) is 3. The number of aliphatic hydroxyl groups excluding tert-OH is 2. The van der Waals surface area contributed by atoms with Gasteiger partial charge in [-0.3, -0.25) is 4.79 Å². The van der Waals surface area contributed by atoms with Crippen LogP contribution in [0.15, 0.2) is 12.2 Å². The zero-order valence-electron chi connectivity index (χ0n) is 25.0. The van der Waals surface area contributed by atoms with Crippen LogP contribution in [0.2, 0.25) is 0 Å². The van der Waals surface area contributed by atoms with E-state index < -0.39 is 12.1 Å². The summed E-state index contributed by atoms with van der Waals surface area (Å²) >= 11 is 0. The van der Waals surface area contributed by atoms with Crippen LogP contribution in [0.5, 0.6) is 0 Å². The van der Waals surface area contributed by atoms with Gasteiger partial charge in [0.2, 0.25) is 5.91 Å². The fourth-order valence-electron chi connectivity index (χ4n) is 4.94. The molecular weight excluding hydrogens is 458 g/mol. The number of aliphatic hydroxyl groups is 2. The maximum atomic E-state index is 12.2. The van der Waals surface area contributed by atoms with E-state index in [4.69, 9.17) is 0 Å². The summed E-state index contributed by atoms with van der Waals surface area (Å²) in [5.74, 6) is -0.0681. The SMILES string of the molecule is CCCCCCCCCCCCCCCC/C=C/C(O)C(CO)NC(=O)CCCCCCCCCCC. The molecule has 0 aromatic carbocycles. The third kappa shape index (κ3) is 26.5. The topological polar surface area (TPSA) is 69.6 Å². The van der Waals surface area contributed by atoms with Crippen LogP contribution in [0, 0.1) is 0 Å². The normalized spacial score (nSPS) is 13.3. The summed E-state index contributed by atoms with van der Waals surface area (Å²) in [6.45, 7) is 4.27. The van der Waals surface area contributed by atoms with Gasteiger partial charge in [0.1, 0.15) is 0 Å². The van der Waals surface area contributed by atoms with E-state index in [1.54, 1.807) is 6.08 Å². The van der Waals surface area contributed by atoms with Crippen LogP contribution in [-0.2, 0) is 4.79 Å². The van der Waals surface area contributed by atoms with Crippen LogP contribution in [0.3, 0.4) is 0 Å². The summed E-state index contributed by atoms with van der Waals surface area (Å²) in [6, 6.07) is -0.612. The summed E-state index contributed by atoms with van der Waals surface area (Å²) in [5.41, 5.74) is 0. The molecule has 0 heterocycles. The minimum absolute atomic E-state index is 0.0681. The highest BCUT2D eigenvalue weighted by molar-refractivity contribution is 5.76. The van der Waals surface area contributed by atoms with Gasteiger partial charge in [-0.1, -0.05) is 161 Å². The molecule has 0 spiro atoms. The summed E-state index contributed by atoms with van der Waals surface area (Å²) in [6.07, 6.45) is 34.3. The molecule has 0 saturated heterocycles. The van der Waals surface area contributed by atoms with Crippen LogP contribution in [0.25, 0.3) is 0 Å². The quantitative estimate of drug-likeness (QED) is 0.0676. The van der Waals surface area contributed by atoms with Crippen LogP contribution in [0.4, 0.5) is 0 Å². The van der Waals surface area contributed by atoms with E-state index >= 15 is 0 Å². The van der Waals surface area contributed by atoms with Crippen LogP contribution in [-0.4, -0.2) is 34.9 Å². The van der Waals surface area contributed by atoms with Gasteiger partial charge in [0.05, 0.1) is 18.8 Å². The van der Waals surface area contributed by atoms with Gasteiger partial charge in [0.15, 0.2) is 0 Å². The first-order valence-corrected chi connectivity index (χ1v) is 16.4. The van der Waals surface area contributed by atoms with Gasteiger partial charge < -0.3 is 15.5 Å². The monoisotopic (exact) mass is 523 g/mol. The van der Waals surface area contributed by atoms with Gasteiger partial charge in [-0.2, -0.15) is 0 Å². The van der Waals surface area contributed by atoms with E-state index in [0.29, 0.717) is 6.42 Å². The highest BCUT2D eigenvalue weighted by Gasteiger charge is 2.17. The zero-order chi connectivity index (χ0) is 27.2. The van der Waals surface area contributed by atoms with Crippen LogP contribution >= 0.6 is 0 Å². The first-order chi connectivity index (χ1) is 18.2. The van der Waals surface area contributed by atoms with Crippen molar-refractivity contribution in [3.63, 3.8) is 0 Å². The Balaban J connectivity index is 3.62. The van der Waals surface area contributed by atoms with E-state index in [9.17, 15) is 15.0 Å². The molecule has 4 nitrogen and oxygen atoms in total. The Morgan fingerprint density at radius 1 is 0.622 bits per heavy atom. The molecule has 37 heavy (non-hydrogen) atoms. The Labute approximate surface area is 231 Å². The predicted octanol–water partition coefficient (Wildman–Crippen LogP) is 9.17. The average molecular weight is 524 g/mol. The van der Waals surface area contributed by atoms with Crippen molar-refractivity contribution in [2.75, 3.05) is 6.61 Å². The summed E-state index contributed by atoms with van der Waals surface area (Å²) in [5, 5.41) is 22.7. The van der Waals surface area contributed by atoms with Gasteiger partial charge in [0, 0.05) is 6.42 Å². The summed E-state index contributed by atoms with van der Waals surface area (Å²) in [7, 11) is 0. The maximum absolute atomic E-state index is 12.2. The van der Waals surface area contributed by atoms with Crippen molar-refractivity contribution >= 4 is 5.91 Å². The molecule has 0 saturated carbocycles. The molecule has 0 aromatic heterocycles. The largest absolute Gasteiger partial charge is 0.394 e. The number of nitrogens with one attached hydrogen (secondary N) is 1. The number of carbonyl (C=O) groups is 1. The van der Waals surface area contributed by atoms with Gasteiger partial charge >= 0.3 is 0 Å². The zero-order valence-corrected chi connectivity index (χ0v) is 25.0. The molecule has 220 valence electrons. The van der Waals surface area contributed by atoms with Crippen molar-refractivity contribution in [2.24, 2.45) is 0 Å². The lowest BCUT2D eigenvalue weighted by atomic mass is 10.0. The first-order valence-electron chi connectivity index (χ1n) is 16.4. The molecule has 0 fully saturated rings. The van der Waals surface area contributed by atoms with Crippen LogP contribution in [0.1, 0.15) is 174 Å². The first kappa shape index (κ1) is 36.1. The molecule has 0 aliphatic carbocycles. The molecule has 0 bridgehead atoms. The van der Waals surface area contributed by atoms with Crippen molar-refractivity contribution < 1.29 is 15.0 Å². The van der Waals surface area contributed by atoms with Crippen molar-refractivity contribution in [1.82, 2.24) is 5.32 Å². The molecule has 0 aliphatic rings. The Hall–Kier alpha value is -0.870. The average Bonchev–Trinajstić information content (AvgIpc) is 2.90. The van der Waals surface area contributed by atoms with Crippen molar-refractivity contribution in [1.29, 1.82) is 0 Å². The maximum Gasteiger partial charge on any atom is 0.220 e. The summed E-state index contributed by atoms with van der Waals surface area (Å²) in [4.78, 5) is 12.2. The fourth-order valence-corrected chi connectivity index (χ4v) is 4.94. The second kappa shape index (κ2) is 29.7. The number of amides is 1. The van der Waals surface area contributed by atoms with E-state index in [-0.39, 0.29) is 12.5 Å². The lowest BCUT2D eigenvalue weighted by Gasteiger charge is -2.20.